The first-order chi connectivity index (χ1) is 9.29. The summed E-state index contributed by atoms with van der Waals surface area (Å²) in [7, 11) is 0. The highest BCUT2D eigenvalue weighted by atomic mass is 35.5. The molecule has 1 aromatic heterocycles. The highest BCUT2D eigenvalue weighted by Crippen LogP contribution is 2.41. The third-order valence-corrected chi connectivity index (χ3v) is 5.63. The molecule has 98 valence electrons. The lowest BCUT2D eigenvalue weighted by molar-refractivity contribution is 0.762. The fourth-order valence-electron chi connectivity index (χ4n) is 3.34. The number of benzene rings is 1. The van der Waals surface area contributed by atoms with Crippen molar-refractivity contribution >= 4 is 28.6 Å². The number of halogens is 1. The molecule has 0 bridgehead atoms. The quantitative estimate of drug-likeness (QED) is 0.821. The van der Waals surface area contributed by atoms with Crippen LogP contribution in [0.1, 0.15) is 40.5 Å². The van der Waals surface area contributed by atoms with Gasteiger partial charge in [-0.15, -0.1) is 11.3 Å². The summed E-state index contributed by atoms with van der Waals surface area (Å²) in [5.74, 6) is 0. The average molecular weight is 290 g/mol. The van der Waals surface area contributed by atoms with Crippen molar-refractivity contribution in [3.8, 4) is 0 Å². The van der Waals surface area contributed by atoms with Gasteiger partial charge in [0.2, 0.25) is 0 Å². The highest BCUT2D eigenvalue weighted by Gasteiger charge is 2.25. The Bertz CT molecular complexity index is 632. The number of anilines is 1. The van der Waals surface area contributed by atoms with Crippen LogP contribution in [0.5, 0.6) is 0 Å². The number of hydrogen-bond donors (Lipinski definition) is 1. The average Bonchev–Trinajstić information content (AvgIpc) is 3.06. The van der Waals surface area contributed by atoms with Crippen LogP contribution in [0.15, 0.2) is 24.3 Å². The molecular weight excluding hydrogens is 274 g/mol. The van der Waals surface area contributed by atoms with Crippen molar-refractivity contribution in [2.24, 2.45) is 0 Å². The predicted octanol–water partition coefficient (Wildman–Crippen LogP) is 4.99. The van der Waals surface area contributed by atoms with E-state index in [2.05, 4.69) is 29.6 Å². The van der Waals surface area contributed by atoms with Crippen LogP contribution in [-0.4, -0.2) is 0 Å². The summed E-state index contributed by atoms with van der Waals surface area (Å²) in [5.41, 5.74) is 5.75. The maximum atomic E-state index is 6.11. The van der Waals surface area contributed by atoms with Crippen LogP contribution >= 0.6 is 22.9 Å². The van der Waals surface area contributed by atoms with E-state index in [1.165, 1.54) is 52.9 Å². The van der Waals surface area contributed by atoms with E-state index < -0.39 is 0 Å². The van der Waals surface area contributed by atoms with Gasteiger partial charge in [0.25, 0.3) is 0 Å². The fourth-order valence-corrected chi connectivity index (χ4v) is 4.70. The van der Waals surface area contributed by atoms with Crippen LogP contribution in [0.2, 0.25) is 4.34 Å². The molecule has 1 atom stereocenters. The first-order valence-electron chi connectivity index (χ1n) is 6.96. The third-order valence-electron chi connectivity index (χ3n) is 4.29. The fraction of sp³-hybridized carbons (Fsp3) is 0.375. The topological polar surface area (TPSA) is 12.0 Å². The van der Waals surface area contributed by atoms with Gasteiger partial charge in [-0.3, -0.25) is 0 Å². The van der Waals surface area contributed by atoms with Gasteiger partial charge < -0.3 is 5.32 Å². The Morgan fingerprint density at radius 3 is 2.95 bits per heavy atom. The van der Waals surface area contributed by atoms with Crippen molar-refractivity contribution in [2.75, 3.05) is 5.32 Å². The molecule has 1 nitrogen and oxygen atoms in total. The smallest absolute Gasteiger partial charge is 0.0934 e. The molecule has 3 heteroatoms. The van der Waals surface area contributed by atoms with Gasteiger partial charge in [0.1, 0.15) is 0 Å². The van der Waals surface area contributed by atoms with Gasteiger partial charge in [-0.05, 0) is 67.0 Å². The molecule has 0 amide bonds. The van der Waals surface area contributed by atoms with E-state index in [-0.39, 0.29) is 0 Å². The SMILES string of the molecule is Clc1cc2c(s1)CCC2Nc1ccc2c(c1)CCC2. The van der Waals surface area contributed by atoms with E-state index in [1.807, 2.05) is 0 Å². The number of thiophene rings is 1. The maximum absolute atomic E-state index is 6.11. The molecule has 2 aliphatic rings. The standard InChI is InChI=1S/C16H16ClNS/c17-16-9-13-14(6-7-15(13)19-16)18-12-5-4-10-2-1-3-11(10)8-12/h4-5,8-9,14,18H,1-3,6-7H2. The molecule has 0 fully saturated rings. The lowest BCUT2D eigenvalue weighted by atomic mass is 10.1. The summed E-state index contributed by atoms with van der Waals surface area (Å²) >= 11 is 7.85. The maximum Gasteiger partial charge on any atom is 0.0934 e. The van der Waals surface area contributed by atoms with Crippen molar-refractivity contribution in [3.05, 3.63) is 50.2 Å². The van der Waals surface area contributed by atoms with Gasteiger partial charge in [0, 0.05) is 10.6 Å². The summed E-state index contributed by atoms with van der Waals surface area (Å²) in [4.78, 5) is 1.46. The molecular formula is C16H16ClNS. The number of nitrogens with one attached hydrogen (secondary N) is 1. The van der Waals surface area contributed by atoms with Gasteiger partial charge in [0.05, 0.1) is 10.4 Å². The molecule has 2 aromatic rings. The van der Waals surface area contributed by atoms with E-state index in [4.69, 9.17) is 11.6 Å². The first-order valence-corrected chi connectivity index (χ1v) is 8.15. The number of aryl methyl sites for hydroxylation is 3. The summed E-state index contributed by atoms with van der Waals surface area (Å²) in [6.45, 7) is 0. The molecule has 0 saturated carbocycles. The number of rotatable bonds is 2. The molecule has 0 saturated heterocycles. The summed E-state index contributed by atoms with van der Waals surface area (Å²) in [6.07, 6.45) is 6.16. The third kappa shape index (κ3) is 2.07. The minimum absolute atomic E-state index is 0.443. The summed E-state index contributed by atoms with van der Waals surface area (Å²) < 4.78 is 0.922. The van der Waals surface area contributed by atoms with Gasteiger partial charge >= 0.3 is 0 Å². The molecule has 0 radical (unpaired) electrons. The second-order valence-electron chi connectivity index (χ2n) is 5.50. The summed E-state index contributed by atoms with van der Waals surface area (Å²) in [6, 6.07) is 9.45. The molecule has 1 unspecified atom stereocenters. The van der Waals surface area contributed by atoms with Crippen LogP contribution in [0.25, 0.3) is 0 Å². The zero-order chi connectivity index (χ0) is 12.8. The Balaban J connectivity index is 1.59. The zero-order valence-electron chi connectivity index (χ0n) is 10.7. The Morgan fingerprint density at radius 2 is 2.00 bits per heavy atom. The van der Waals surface area contributed by atoms with Crippen LogP contribution in [0.3, 0.4) is 0 Å². The number of fused-ring (bicyclic) bond motifs is 2. The van der Waals surface area contributed by atoms with Crippen LogP contribution < -0.4 is 5.32 Å². The van der Waals surface area contributed by atoms with Crippen molar-refractivity contribution in [3.63, 3.8) is 0 Å². The van der Waals surface area contributed by atoms with Crippen LogP contribution in [-0.2, 0) is 19.3 Å². The molecule has 4 rings (SSSR count). The van der Waals surface area contributed by atoms with Crippen molar-refractivity contribution in [1.82, 2.24) is 0 Å². The van der Waals surface area contributed by atoms with Gasteiger partial charge in [-0.25, -0.2) is 0 Å². The van der Waals surface area contributed by atoms with E-state index in [0.29, 0.717) is 6.04 Å². The van der Waals surface area contributed by atoms with E-state index in [9.17, 15) is 0 Å². The minimum atomic E-state index is 0.443. The largest absolute Gasteiger partial charge is 0.378 e. The normalized spacial score (nSPS) is 20.4. The van der Waals surface area contributed by atoms with Crippen molar-refractivity contribution in [1.29, 1.82) is 0 Å². The van der Waals surface area contributed by atoms with Crippen LogP contribution in [0.4, 0.5) is 5.69 Å². The highest BCUT2D eigenvalue weighted by molar-refractivity contribution is 7.16. The molecule has 1 aromatic carbocycles. The number of hydrogen-bond acceptors (Lipinski definition) is 2. The minimum Gasteiger partial charge on any atom is -0.378 e. The lowest BCUT2D eigenvalue weighted by Gasteiger charge is -2.15. The Kier molecular flexibility index (Phi) is 2.82. The molecule has 1 heterocycles. The predicted molar refractivity (Wildman–Crippen MR) is 82.5 cm³/mol. The zero-order valence-corrected chi connectivity index (χ0v) is 12.3. The van der Waals surface area contributed by atoms with E-state index in [0.717, 1.165) is 10.8 Å². The molecule has 2 aliphatic carbocycles. The first kappa shape index (κ1) is 11.8. The van der Waals surface area contributed by atoms with Crippen LogP contribution in [0, 0.1) is 0 Å². The monoisotopic (exact) mass is 289 g/mol. The molecule has 0 spiro atoms. The molecule has 1 N–H and O–H groups in total. The van der Waals surface area contributed by atoms with Crippen molar-refractivity contribution in [2.45, 2.75) is 38.1 Å². The lowest BCUT2D eigenvalue weighted by Crippen LogP contribution is -2.06. The van der Waals surface area contributed by atoms with Crippen molar-refractivity contribution < 1.29 is 0 Å². The Hall–Kier alpha value is -0.990. The Labute approximate surface area is 122 Å². The van der Waals surface area contributed by atoms with E-state index >= 15 is 0 Å². The Morgan fingerprint density at radius 1 is 1.11 bits per heavy atom. The van der Waals surface area contributed by atoms with Gasteiger partial charge in [-0.1, -0.05) is 17.7 Å². The second kappa shape index (κ2) is 4.53. The second-order valence-corrected chi connectivity index (χ2v) is 7.27. The summed E-state index contributed by atoms with van der Waals surface area (Å²) in [5, 5.41) is 3.69. The van der Waals surface area contributed by atoms with Gasteiger partial charge in [-0.2, -0.15) is 0 Å². The van der Waals surface area contributed by atoms with Gasteiger partial charge in [0.15, 0.2) is 0 Å². The molecule has 19 heavy (non-hydrogen) atoms. The molecule has 0 aliphatic heterocycles. The van der Waals surface area contributed by atoms with E-state index in [1.54, 1.807) is 11.3 Å².